The molecule has 1 amide bonds. The van der Waals surface area contributed by atoms with Crippen LogP contribution in [-0.2, 0) is 6.54 Å². The zero-order valence-electron chi connectivity index (χ0n) is 10.2. The molecule has 0 saturated carbocycles. The number of hydrazine groups is 1. The fourth-order valence-corrected chi connectivity index (χ4v) is 2.25. The van der Waals surface area contributed by atoms with E-state index in [1.807, 2.05) is 13.0 Å². The maximum absolute atomic E-state index is 11.4. The van der Waals surface area contributed by atoms with Crippen LogP contribution in [0.1, 0.15) is 34.0 Å². The van der Waals surface area contributed by atoms with E-state index in [0.29, 0.717) is 10.9 Å². The van der Waals surface area contributed by atoms with Crippen LogP contribution in [0.4, 0.5) is 0 Å². The Kier molecular flexibility index (Phi) is 4.46. The van der Waals surface area contributed by atoms with Gasteiger partial charge in [-0.2, -0.15) is 0 Å². The number of hydrogen-bond acceptors (Lipinski definition) is 4. The Hall–Kier alpha value is -0.910. The molecule has 0 saturated heterocycles. The molecular formula is C11H19N3OS. The zero-order chi connectivity index (χ0) is 12.3. The second-order valence-electron chi connectivity index (χ2n) is 4.17. The summed E-state index contributed by atoms with van der Waals surface area (Å²) < 4.78 is 0. The number of carbonyl (C=O) groups excluding carboxylic acids is 1. The molecule has 0 aliphatic heterocycles. The molecule has 5 heteroatoms. The molecule has 0 fully saturated rings. The van der Waals surface area contributed by atoms with Crippen molar-refractivity contribution in [2.24, 2.45) is 5.84 Å². The second kappa shape index (κ2) is 5.43. The summed E-state index contributed by atoms with van der Waals surface area (Å²) in [5.41, 5.74) is 3.35. The quantitative estimate of drug-likeness (QED) is 0.477. The van der Waals surface area contributed by atoms with E-state index in [9.17, 15) is 4.79 Å². The summed E-state index contributed by atoms with van der Waals surface area (Å²) in [5, 5.41) is 0. The Morgan fingerprint density at radius 3 is 2.75 bits per heavy atom. The number of carbonyl (C=O) groups is 1. The second-order valence-corrected chi connectivity index (χ2v) is 5.43. The first-order valence-corrected chi connectivity index (χ1v) is 6.07. The van der Waals surface area contributed by atoms with Crippen molar-refractivity contribution < 1.29 is 4.79 Å². The lowest BCUT2D eigenvalue weighted by molar-refractivity contribution is 0.0957. The lowest BCUT2D eigenvalue weighted by Crippen LogP contribution is -2.29. The number of aryl methyl sites for hydroxylation is 1. The van der Waals surface area contributed by atoms with E-state index in [1.54, 1.807) is 0 Å². The van der Waals surface area contributed by atoms with Crippen LogP contribution in [-0.4, -0.2) is 23.9 Å². The molecule has 0 aliphatic carbocycles. The maximum Gasteiger partial charge on any atom is 0.275 e. The monoisotopic (exact) mass is 241 g/mol. The summed E-state index contributed by atoms with van der Waals surface area (Å²) in [6.45, 7) is 7.18. The smallest absolute Gasteiger partial charge is 0.275 e. The summed E-state index contributed by atoms with van der Waals surface area (Å²) >= 11 is 1.48. The molecule has 0 atom stereocenters. The van der Waals surface area contributed by atoms with Crippen molar-refractivity contribution in [3.8, 4) is 0 Å². The predicted octanol–water partition coefficient (Wildman–Crippen LogP) is 1.50. The highest BCUT2D eigenvalue weighted by Gasteiger charge is 2.13. The normalized spacial score (nSPS) is 11.2. The van der Waals surface area contributed by atoms with Gasteiger partial charge in [-0.05, 0) is 39.4 Å². The molecule has 0 spiro atoms. The maximum atomic E-state index is 11.4. The van der Waals surface area contributed by atoms with Crippen LogP contribution in [0, 0.1) is 6.92 Å². The highest BCUT2D eigenvalue weighted by molar-refractivity contribution is 7.14. The summed E-state index contributed by atoms with van der Waals surface area (Å²) in [5.74, 6) is 4.89. The third kappa shape index (κ3) is 3.04. The number of thiophene rings is 1. The minimum Gasteiger partial charge on any atom is -0.300 e. The summed E-state index contributed by atoms with van der Waals surface area (Å²) in [6.07, 6.45) is 0. The van der Waals surface area contributed by atoms with Crippen LogP contribution in [0.15, 0.2) is 6.07 Å². The highest BCUT2D eigenvalue weighted by Crippen LogP contribution is 2.23. The van der Waals surface area contributed by atoms with E-state index in [4.69, 9.17) is 5.84 Å². The highest BCUT2D eigenvalue weighted by atomic mass is 32.1. The van der Waals surface area contributed by atoms with Crippen molar-refractivity contribution >= 4 is 17.2 Å². The van der Waals surface area contributed by atoms with Gasteiger partial charge in [-0.25, -0.2) is 5.84 Å². The number of nitrogens with two attached hydrogens (primary N) is 1. The van der Waals surface area contributed by atoms with E-state index in [1.165, 1.54) is 21.8 Å². The van der Waals surface area contributed by atoms with Gasteiger partial charge < -0.3 is 0 Å². The molecular weight excluding hydrogens is 222 g/mol. The van der Waals surface area contributed by atoms with Crippen molar-refractivity contribution in [2.75, 3.05) is 7.05 Å². The first kappa shape index (κ1) is 13.2. The molecule has 0 bridgehead atoms. The summed E-state index contributed by atoms with van der Waals surface area (Å²) in [4.78, 5) is 15.4. The van der Waals surface area contributed by atoms with Gasteiger partial charge in [0.05, 0.1) is 4.88 Å². The van der Waals surface area contributed by atoms with Crippen molar-refractivity contribution in [3.05, 3.63) is 21.4 Å². The minimum absolute atomic E-state index is 0.216. The van der Waals surface area contributed by atoms with Crippen LogP contribution >= 0.6 is 11.3 Å². The van der Waals surface area contributed by atoms with Gasteiger partial charge >= 0.3 is 0 Å². The van der Waals surface area contributed by atoms with Crippen LogP contribution < -0.4 is 11.3 Å². The first-order chi connectivity index (χ1) is 7.45. The fraction of sp³-hybridized carbons (Fsp3) is 0.545. The van der Waals surface area contributed by atoms with Gasteiger partial charge in [-0.3, -0.25) is 15.1 Å². The average molecular weight is 241 g/mol. The van der Waals surface area contributed by atoms with Crippen LogP contribution in [0.5, 0.6) is 0 Å². The number of nitrogens with zero attached hydrogens (tertiary/aromatic N) is 1. The van der Waals surface area contributed by atoms with Crippen molar-refractivity contribution in [3.63, 3.8) is 0 Å². The Balaban J connectivity index is 2.82. The number of hydrogen-bond donors (Lipinski definition) is 2. The van der Waals surface area contributed by atoms with E-state index in [0.717, 1.165) is 6.54 Å². The van der Waals surface area contributed by atoms with Gasteiger partial charge in [0, 0.05) is 17.5 Å². The number of nitrogens with one attached hydrogen (secondary N) is 1. The largest absolute Gasteiger partial charge is 0.300 e. The third-order valence-electron chi connectivity index (χ3n) is 2.68. The van der Waals surface area contributed by atoms with Gasteiger partial charge in [-0.1, -0.05) is 0 Å². The first-order valence-electron chi connectivity index (χ1n) is 5.26. The molecule has 0 unspecified atom stereocenters. The number of rotatable bonds is 4. The van der Waals surface area contributed by atoms with Crippen molar-refractivity contribution in [1.29, 1.82) is 0 Å². The Morgan fingerprint density at radius 2 is 2.25 bits per heavy atom. The predicted molar refractivity (Wildman–Crippen MR) is 67.3 cm³/mol. The van der Waals surface area contributed by atoms with E-state index >= 15 is 0 Å². The molecule has 0 aliphatic rings. The third-order valence-corrected chi connectivity index (χ3v) is 3.77. The molecule has 90 valence electrons. The topological polar surface area (TPSA) is 58.4 Å². The lowest BCUT2D eigenvalue weighted by Gasteiger charge is -2.20. The zero-order valence-corrected chi connectivity index (χ0v) is 11.0. The van der Waals surface area contributed by atoms with E-state index in [2.05, 4.69) is 31.2 Å². The van der Waals surface area contributed by atoms with Gasteiger partial charge in [0.15, 0.2) is 0 Å². The molecule has 0 aromatic carbocycles. The molecule has 0 radical (unpaired) electrons. The Morgan fingerprint density at radius 1 is 1.62 bits per heavy atom. The van der Waals surface area contributed by atoms with Crippen molar-refractivity contribution in [1.82, 2.24) is 10.3 Å². The minimum atomic E-state index is -0.216. The van der Waals surface area contributed by atoms with Crippen LogP contribution in [0.2, 0.25) is 0 Å². The molecule has 3 N–H and O–H groups in total. The Bertz CT molecular complexity index is 373. The summed E-state index contributed by atoms with van der Waals surface area (Å²) in [6, 6.07) is 2.41. The standard InChI is InChI=1S/C11H19N3OS/c1-7(2)14(4)6-9-5-10(11(15)13-12)16-8(9)3/h5,7H,6,12H2,1-4H3,(H,13,15). The fourth-order valence-electron chi connectivity index (χ4n) is 1.31. The molecule has 1 aromatic heterocycles. The summed E-state index contributed by atoms with van der Waals surface area (Å²) in [7, 11) is 2.07. The molecule has 16 heavy (non-hydrogen) atoms. The molecule has 1 rings (SSSR count). The molecule has 1 heterocycles. The number of amides is 1. The van der Waals surface area contributed by atoms with E-state index in [-0.39, 0.29) is 5.91 Å². The van der Waals surface area contributed by atoms with Crippen LogP contribution in [0.25, 0.3) is 0 Å². The van der Waals surface area contributed by atoms with Gasteiger partial charge in [0.1, 0.15) is 0 Å². The van der Waals surface area contributed by atoms with Crippen molar-refractivity contribution in [2.45, 2.75) is 33.4 Å². The SMILES string of the molecule is Cc1sc(C(=O)NN)cc1CN(C)C(C)C. The van der Waals surface area contributed by atoms with Gasteiger partial charge in [0.25, 0.3) is 5.91 Å². The molecule has 4 nitrogen and oxygen atoms in total. The Labute approximate surface area is 100 Å². The number of nitrogen functional groups attached to an aromatic ring is 1. The van der Waals surface area contributed by atoms with E-state index < -0.39 is 0 Å². The lowest BCUT2D eigenvalue weighted by atomic mass is 10.2. The molecule has 1 aromatic rings. The average Bonchev–Trinajstić information content (AvgIpc) is 2.59. The van der Waals surface area contributed by atoms with Gasteiger partial charge in [0.2, 0.25) is 0 Å². The van der Waals surface area contributed by atoms with Crippen LogP contribution in [0.3, 0.4) is 0 Å². The van der Waals surface area contributed by atoms with Gasteiger partial charge in [-0.15, -0.1) is 11.3 Å².